The Hall–Kier alpha value is -1.31. The van der Waals surface area contributed by atoms with E-state index in [9.17, 15) is 8.42 Å². The average Bonchev–Trinajstić information content (AvgIpc) is 2.46. The molecule has 0 spiro atoms. The van der Waals surface area contributed by atoms with Crippen molar-refractivity contribution in [3.8, 4) is 11.5 Å². The van der Waals surface area contributed by atoms with Crippen LogP contribution in [0.3, 0.4) is 0 Å². The molecular weight excluding hydrogens is 292 g/mol. The van der Waals surface area contributed by atoms with E-state index >= 15 is 0 Å². The van der Waals surface area contributed by atoms with Gasteiger partial charge in [-0.15, -0.1) is 0 Å². The summed E-state index contributed by atoms with van der Waals surface area (Å²) in [7, 11) is -1.57. The Bertz CT molecular complexity index is 574. The molecule has 1 atom stereocenters. The van der Waals surface area contributed by atoms with Crippen molar-refractivity contribution < 1.29 is 17.9 Å². The van der Waals surface area contributed by atoms with E-state index in [1.165, 1.54) is 0 Å². The van der Waals surface area contributed by atoms with Gasteiger partial charge in [-0.05, 0) is 18.2 Å². The highest BCUT2D eigenvalue weighted by Crippen LogP contribution is 2.34. The molecule has 118 valence electrons. The van der Waals surface area contributed by atoms with Crippen molar-refractivity contribution in [1.82, 2.24) is 10.0 Å². The van der Waals surface area contributed by atoms with Crippen LogP contribution in [0.15, 0.2) is 18.2 Å². The summed E-state index contributed by atoms with van der Waals surface area (Å²) >= 11 is 0. The second kappa shape index (κ2) is 7.11. The Morgan fingerprint density at radius 1 is 1.43 bits per heavy atom. The molecule has 1 unspecified atom stereocenters. The van der Waals surface area contributed by atoms with E-state index in [0.717, 1.165) is 23.5 Å². The van der Waals surface area contributed by atoms with Crippen molar-refractivity contribution in [2.45, 2.75) is 19.4 Å². The van der Waals surface area contributed by atoms with E-state index in [2.05, 4.69) is 10.0 Å². The maximum Gasteiger partial charge on any atom is 0.212 e. The van der Waals surface area contributed by atoms with Crippen LogP contribution < -0.4 is 19.5 Å². The number of sulfonamides is 1. The normalized spacial score (nSPS) is 17.9. The molecule has 0 aromatic heterocycles. The predicted molar refractivity (Wildman–Crippen MR) is 81.3 cm³/mol. The minimum Gasteiger partial charge on any atom is -0.497 e. The predicted octanol–water partition coefficient (Wildman–Crippen LogP) is 1.05. The molecule has 6 nitrogen and oxygen atoms in total. The molecule has 0 radical (unpaired) electrons. The number of hydrogen-bond donors (Lipinski definition) is 2. The van der Waals surface area contributed by atoms with Crippen LogP contribution >= 0.6 is 0 Å². The number of methoxy groups -OCH3 is 1. The summed E-state index contributed by atoms with van der Waals surface area (Å²) in [6, 6.07) is 5.76. The monoisotopic (exact) mass is 314 g/mol. The lowest BCUT2D eigenvalue weighted by atomic mass is 10.0. The lowest BCUT2D eigenvalue weighted by Gasteiger charge is -2.27. The molecule has 0 bridgehead atoms. The molecule has 1 aromatic carbocycles. The Morgan fingerprint density at radius 2 is 2.24 bits per heavy atom. The van der Waals surface area contributed by atoms with Crippen molar-refractivity contribution in [1.29, 1.82) is 0 Å². The van der Waals surface area contributed by atoms with Crippen LogP contribution in [-0.2, 0) is 10.0 Å². The molecule has 0 amide bonds. The standard InChI is InChI=1S/C14H22N2O4S/c1-3-16-21(17,18)9-7-15-13-6-8-20-14-5-4-11(19-2)10-12(13)14/h4-5,10,13,15-16H,3,6-9H2,1-2H3. The molecule has 1 aliphatic rings. The topological polar surface area (TPSA) is 76.7 Å². The van der Waals surface area contributed by atoms with Crippen LogP contribution in [0.1, 0.15) is 24.9 Å². The van der Waals surface area contributed by atoms with E-state index in [4.69, 9.17) is 9.47 Å². The molecule has 1 aromatic rings. The smallest absolute Gasteiger partial charge is 0.212 e. The van der Waals surface area contributed by atoms with Gasteiger partial charge in [0.15, 0.2) is 0 Å². The van der Waals surface area contributed by atoms with Crippen LogP contribution in [-0.4, -0.2) is 41.0 Å². The summed E-state index contributed by atoms with van der Waals surface area (Å²) in [4.78, 5) is 0. The van der Waals surface area contributed by atoms with Gasteiger partial charge in [0, 0.05) is 31.1 Å². The molecular formula is C14H22N2O4S. The first kappa shape index (κ1) is 16.1. The van der Waals surface area contributed by atoms with Gasteiger partial charge in [0.25, 0.3) is 0 Å². The van der Waals surface area contributed by atoms with Crippen LogP contribution in [0.4, 0.5) is 0 Å². The molecule has 21 heavy (non-hydrogen) atoms. The van der Waals surface area contributed by atoms with Crippen molar-refractivity contribution in [3.63, 3.8) is 0 Å². The molecule has 0 aliphatic carbocycles. The Morgan fingerprint density at radius 3 is 2.95 bits per heavy atom. The van der Waals surface area contributed by atoms with Gasteiger partial charge in [-0.2, -0.15) is 0 Å². The van der Waals surface area contributed by atoms with E-state index in [0.29, 0.717) is 19.7 Å². The summed E-state index contributed by atoms with van der Waals surface area (Å²) in [6.07, 6.45) is 0.807. The minimum absolute atomic E-state index is 0.0670. The van der Waals surface area contributed by atoms with Crippen LogP contribution in [0.5, 0.6) is 11.5 Å². The summed E-state index contributed by atoms with van der Waals surface area (Å²) < 4.78 is 36.6. The Labute approximate surface area is 125 Å². The number of rotatable bonds is 7. The first-order chi connectivity index (χ1) is 10.1. The van der Waals surface area contributed by atoms with Crippen molar-refractivity contribution in [2.75, 3.05) is 32.6 Å². The van der Waals surface area contributed by atoms with Gasteiger partial charge in [0.2, 0.25) is 10.0 Å². The molecule has 0 fully saturated rings. The molecule has 2 N–H and O–H groups in total. The molecule has 0 saturated heterocycles. The van der Waals surface area contributed by atoms with E-state index in [1.54, 1.807) is 14.0 Å². The van der Waals surface area contributed by atoms with E-state index in [-0.39, 0.29) is 11.8 Å². The summed E-state index contributed by atoms with van der Waals surface area (Å²) in [6.45, 7) is 3.21. The van der Waals surface area contributed by atoms with Gasteiger partial charge in [0.05, 0.1) is 19.5 Å². The minimum atomic E-state index is -3.19. The number of benzene rings is 1. The third-order valence-corrected chi connectivity index (χ3v) is 4.85. The lowest BCUT2D eigenvalue weighted by molar-refractivity contribution is 0.253. The molecule has 7 heteroatoms. The molecule has 2 rings (SSSR count). The maximum atomic E-state index is 11.6. The Balaban J connectivity index is 2.00. The Kier molecular flexibility index (Phi) is 5.44. The van der Waals surface area contributed by atoms with E-state index < -0.39 is 10.0 Å². The fourth-order valence-electron chi connectivity index (χ4n) is 2.37. The van der Waals surface area contributed by atoms with Crippen LogP contribution in [0.25, 0.3) is 0 Å². The second-order valence-corrected chi connectivity index (χ2v) is 6.79. The zero-order chi connectivity index (χ0) is 15.3. The summed E-state index contributed by atoms with van der Waals surface area (Å²) in [5.41, 5.74) is 1.02. The highest BCUT2D eigenvalue weighted by Gasteiger charge is 2.22. The third-order valence-electron chi connectivity index (χ3n) is 3.38. The SMILES string of the molecule is CCNS(=O)(=O)CCNC1CCOc2ccc(OC)cc21. The first-order valence-electron chi connectivity index (χ1n) is 7.07. The average molecular weight is 314 g/mol. The number of hydrogen-bond acceptors (Lipinski definition) is 5. The fraction of sp³-hybridized carbons (Fsp3) is 0.571. The van der Waals surface area contributed by atoms with Crippen molar-refractivity contribution in [2.24, 2.45) is 0 Å². The maximum absolute atomic E-state index is 11.6. The fourth-order valence-corrected chi connectivity index (χ4v) is 3.34. The van der Waals surface area contributed by atoms with Gasteiger partial charge in [-0.25, -0.2) is 13.1 Å². The van der Waals surface area contributed by atoms with Crippen LogP contribution in [0.2, 0.25) is 0 Å². The molecule has 1 aliphatic heterocycles. The zero-order valence-corrected chi connectivity index (χ0v) is 13.2. The van der Waals surface area contributed by atoms with E-state index in [1.807, 2.05) is 18.2 Å². The highest BCUT2D eigenvalue weighted by atomic mass is 32.2. The quantitative estimate of drug-likeness (QED) is 0.786. The van der Waals surface area contributed by atoms with Crippen molar-refractivity contribution in [3.05, 3.63) is 23.8 Å². The number of ether oxygens (including phenoxy) is 2. The van der Waals surface area contributed by atoms with Gasteiger partial charge in [0.1, 0.15) is 11.5 Å². The van der Waals surface area contributed by atoms with Gasteiger partial charge in [-0.1, -0.05) is 6.92 Å². The zero-order valence-electron chi connectivity index (χ0n) is 12.4. The first-order valence-corrected chi connectivity index (χ1v) is 8.72. The number of fused-ring (bicyclic) bond motifs is 1. The second-order valence-electron chi connectivity index (χ2n) is 4.86. The van der Waals surface area contributed by atoms with Gasteiger partial charge in [-0.3, -0.25) is 0 Å². The summed E-state index contributed by atoms with van der Waals surface area (Å²) in [5.74, 6) is 1.66. The van der Waals surface area contributed by atoms with Gasteiger partial charge >= 0.3 is 0 Å². The molecule has 1 heterocycles. The lowest BCUT2D eigenvalue weighted by Crippen LogP contribution is -2.34. The highest BCUT2D eigenvalue weighted by molar-refractivity contribution is 7.89. The summed E-state index contributed by atoms with van der Waals surface area (Å²) in [5, 5.41) is 3.29. The number of nitrogens with one attached hydrogen (secondary N) is 2. The largest absolute Gasteiger partial charge is 0.497 e. The third kappa shape index (κ3) is 4.33. The van der Waals surface area contributed by atoms with Gasteiger partial charge < -0.3 is 14.8 Å². The van der Waals surface area contributed by atoms with Crippen molar-refractivity contribution >= 4 is 10.0 Å². The van der Waals surface area contributed by atoms with Crippen LogP contribution in [0, 0.1) is 0 Å². The molecule has 0 saturated carbocycles.